The lowest BCUT2D eigenvalue weighted by molar-refractivity contribution is -0.107. The van der Waals surface area contributed by atoms with Crippen LogP contribution in [0.1, 0.15) is 6.92 Å². The molecule has 72 valence electrons. The van der Waals surface area contributed by atoms with Crippen LogP contribution < -0.4 is 0 Å². The number of aliphatic hydroxyl groups is 1. The van der Waals surface area contributed by atoms with Crippen LogP contribution in [0, 0.1) is 0 Å². The van der Waals surface area contributed by atoms with Gasteiger partial charge in [-0.25, -0.2) is 0 Å². The van der Waals surface area contributed by atoms with E-state index in [1.165, 1.54) is 0 Å². The first-order valence-corrected chi connectivity index (χ1v) is 4.92. The molecule has 0 aromatic heterocycles. The number of hydrogen-bond acceptors (Lipinski definition) is 2. The maximum absolute atomic E-state index is 9.34. The lowest BCUT2D eigenvalue weighted by atomic mass is 9.89. The van der Waals surface area contributed by atoms with E-state index in [1.54, 1.807) is 6.92 Å². The summed E-state index contributed by atoms with van der Waals surface area (Å²) < 4.78 is 2.07. The molecule has 2 unspecified atom stereocenters. The molecule has 0 aliphatic heterocycles. The molecular formula is C6H8Cl4O2. The molecule has 0 saturated heterocycles. The van der Waals surface area contributed by atoms with Gasteiger partial charge in [0.25, 0.3) is 0 Å². The molecule has 2 nitrogen and oxygen atoms in total. The van der Waals surface area contributed by atoms with Crippen LogP contribution in [-0.2, 0) is 4.74 Å². The van der Waals surface area contributed by atoms with E-state index < -0.39 is 20.9 Å². The molecule has 0 heterocycles. The minimum absolute atomic E-state index is 0.396. The molecule has 0 aromatic rings. The molecule has 1 rings (SSSR count). The Morgan fingerprint density at radius 1 is 1.25 bits per heavy atom. The highest BCUT2D eigenvalue weighted by atomic mass is 35.5. The molecular weight excluding hydrogens is 246 g/mol. The van der Waals surface area contributed by atoms with Gasteiger partial charge in [-0.1, -0.05) is 46.4 Å². The zero-order valence-electron chi connectivity index (χ0n) is 6.23. The molecule has 1 saturated carbocycles. The Morgan fingerprint density at radius 3 is 2.08 bits per heavy atom. The molecule has 0 bridgehead atoms. The second kappa shape index (κ2) is 3.34. The quantitative estimate of drug-likeness (QED) is 0.764. The Bertz CT molecular complexity index is 182. The topological polar surface area (TPSA) is 29.5 Å². The van der Waals surface area contributed by atoms with Crippen molar-refractivity contribution in [3.63, 3.8) is 0 Å². The highest BCUT2D eigenvalue weighted by Crippen LogP contribution is 2.58. The van der Waals surface area contributed by atoms with Gasteiger partial charge in [0, 0.05) is 6.61 Å². The van der Waals surface area contributed by atoms with Crippen molar-refractivity contribution >= 4 is 46.4 Å². The summed E-state index contributed by atoms with van der Waals surface area (Å²) in [6.45, 7) is 2.16. The Kier molecular flexibility index (Phi) is 3.10. The fourth-order valence-corrected chi connectivity index (χ4v) is 2.09. The number of alkyl halides is 4. The van der Waals surface area contributed by atoms with E-state index in [9.17, 15) is 5.11 Å². The number of halogens is 4. The van der Waals surface area contributed by atoms with Crippen molar-refractivity contribution < 1.29 is 9.84 Å². The summed E-state index contributed by atoms with van der Waals surface area (Å²) in [5.41, 5.74) is 0. The summed E-state index contributed by atoms with van der Waals surface area (Å²) in [4.78, 5) is 0. The molecule has 1 aliphatic carbocycles. The largest absolute Gasteiger partial charge is 0.387 e. The maximum atomic E-state index is 9.34. The minimum atomic E-state index is -1.55. The van der Waals surface area contributed by atoms with Crippen LogP contribution in [-0.4, -0.2) is 32.6 Å². The summed E-state index contributed by atoms with van der Waals surface area (Å²) in [5.74, 6) is 0. The van der Waals surface area contributed by atoms with Crippen LogP contribution in [0.15, 0.2) is 0 Å². The highest BCUT2D eigenvalue weighted by Gasteiger charge is 2.71. The van der Waals surface area contributed by atoms with Gasteiger partial charge < -0.3 is 9.84 Å². The fourth-order valence-electron chi connectivity index (χ4n) is 1.05. The van der Waals surface area contributed by atoms with Gasteiger partial charge in [0.1, 0.15) is 12.2 Å². The van der Waals surface area contributed by atoms with E-state index >= 15 is 0 Å². The Hall–Kier alpha value is 1.08. The van der Waals surface area contributed by atoms with Crippen LogP contribution in [0.4, 0.5) is 0 Å². The fraction of sp³-hybridized carbons (Fsp3) is 1.00. The second-order valence-electron chi connectivity index (χ2n) is 2.57. The van der Waals surface area contributed by atoms with E-state index in [0.29, 0.717) is 6.61 Å². The first-order valence-electron chi connectivity index (χ1n) is 3.41. The third kappa shape index (κ3) is 1.33. The molecule has 0 aromatic carbocycles. The third-order valence-corrected chi connectivity index (χ3v) is 4.26. The van der Waals surface area contributed by atoms with Crippen molar-refractivity contribution in [2.24, 2.45) is 0 Å². The van der Waals surface area contributed by atoms with E-state index in [0.717, 1.165) is 0 Å². The summed E-state index contributed by atoms with van der Waals surface area (Å²) >= 11 is 22.8. The van der Waals surface area contributed by atoms with Gasteiger partial charge in [-0.05, 0) is 6.92 Å². The third-order valence-electron chi connectivity index (χ3n) is 1.81. The van der Waals surface area contributed by atoms with Crippen LogP contribution >= 0.6 is 46.4 Å². The molecule has 2 atom stereocenters. The summed E-state index contributed by atoms with van der Waals surface area (Å²) in [6.07, 6.45) is -1.77. The van der Waals surface area contributed by atoms with E-state index in [1.807, 2.05) is 0 Å². The van der Waals surface area contributed by atoms with Crippen molar-refractivity contribution in [1.29, 1.82) is 0 Å². The van der Waals surface area contributed by atoms with Gasteiger partial charge in [0.2, 0.25) is 0 Å². The van der Waals surface area contributed by atoms with E-state index in [-0.39, 0.29) is 0 Å². The minimum Gasteiger partial charge on any atom is -0.387 e. The predicted octanol–water partition coefficient (Wildman–Crippen LogP) is 2.11. The van der Waals surface area contributed by atoms with Gasteiger partial charge >= 0.3 is 0 Å². The highest BCUT2D eigenvalue weighted by molar-refractivity contribution is 6.64. The first kappa shape index (κ1) is 11.2. The number of aliphatic hydroxyl groups excluding tert-OH is 1. The molecule has 0 amide bonds. The molecule has 1 aliphatic rings. The summed E-state index contributed by atoms with van der Waals surface area (Å²) in [7, 11) is 0. The lowest BCUT2D eigenvalue weighted by Gasteiger charge is -2.53. The van der Waals surface area contributed by atoms with Gasteiger partial charge in [-0.15, -0.1) is 0 Å². The molecule has 1 N–H and O–H groups in total. The van der Waals surface area contributed by atoms with Gasteiger partial charge in [0.05, 0.1) is 0 Å². The molecule has 1 fully saturated rings. The normalized spacial score (nSPS) is 37.5. The molecule has 6 heteroatoms. The molecule has 0 spiro atoms. The number of hydrogen-bond donors (Lipinski definition) is 1. The summed E-state index contributed by atoms with van der Waals surface area (Å²) in [6, 6.07) is 0. The van der Waals surface area contributed by atoms with Crippen molar-refractivity contribution in [2.75, 3.05) is 6.61 Å². The summed E-state index contributed by atoms with van der Waals surface area (Å²) in [5, 5.41) is 9.34. The first-order chi connectivity index (χ1) is 5.35. The lowest BCUT2D eigenvalue weighted by Crippen LogP contribution is -2.72. The SMILES string of the molecule is CCOC1C(O)C(Cl)(Cl)C1(Cl)Cl. The number of rotatable bonds is 2. The van der Waals surface area contributed by atoms with Crippen molar-refractivity contribution in [2.45, 2.75) is 27.8 Å². The second-order valence-corrected chi connectivity index (χ2v) is 5.34. The van der Waals surface area contributed by atoms with Crippen LogP contribution in [0.3, 0.4) is 0 Å². The average Bonchev–Trinajstić information content (AvgIpc) is 1.98. The Morgan fingerprint density at radius 2 is 1.75 bits per heavy atom. The monoisotopic (exact) mass is 252 g/mol. The van der Waals surface area contributed by atoms with Gasteiger partial charge in [0.15, 0.2) is 8.67 Å². The van der Waals surface area contributed by atoms with E-state index in [4.69, 9.17) is 51.1 Å². The van der Waals surface area contributed by atoms with Crippen LogP contribution in [0.5, 0.6) is 0 Å². The zero-order chi connectivity index (χ0) is 9.57. The molecule has 12 heavy (non-hydrogen) atoms. The number of ether oxygens (including phenoxy) is 1. The Balaban J connectivity index is 2.71. The molecule has 0 radical (unpaired) electrons. The smallest absolute Gasteiger partial charge is 0.182 e. The predicted molar refractivity (Wildman–Crippen MR) is 50.3 cm³/mol. The van der Waals surface area contributed by atoms with Crippen LogP contribution in [0.2, 0.25) is 0 Å². The van der Waals surface area contributed by atoms with Crippen molar-refractivity contribution in [3.05, 3.63) is 0 Å². The van der Waals surface area contributed by atoms with Gasteiger partial charge in [-0.3, -0.25) is 0 Å². The average molecular weight is 254 g/mol. The van der Waals surface area contributed by atoms with Crippen molar-refractivity contribution in [3.8, 4) is 0 Å². The van der Waals surface area contributed by atoms with Gasteiger partial charge in [-0.2, -0.15) is 0 Å². The maximum Gasteiger partial charge on any atom is 0.182 e. The zero-order valence-corrected chi connectivity index (χ0v) is 9.25. The van der Waals surface area contributed by atoms with E-state index in [2.05, 4.69) is 0 Å². The standard InChI is InChI=1S/C6H8Cl4O2/c1-2-12-4-3(11)5(7,8)6(4,9)10/h3-4,11H,2H2,1H3. The van der Waals surface area contributed by atoms with Crippen LogP contribution in [0.25, 0.3) is 0 Å². The Labute approximate surface area is 90.7 Å². The van der Waals surface area contributed by atoms with Crippen molar-refractivity contribution in [1.82, 2.24) is 0 Å².